The van der Waals surface area contributed by atoms with Crippen LogP contribution in [0, 0.1) is 0 Å². The van der Waals surface area contributed by atoms with Gasteiger partial charge in [-0.15, -0.1) is 6.58 Å². The molecule has 0 aliphatic heterocycles. The van der Waals surface area contributed by atoms with Gasteiger partial charge in [0.15, 0.2) is 0 Å². The summed E-state index contributed by atoms with van der Waals surface area (Å²) in [7, 11) is 0. The van der Waals surface area contributed by atoms with Crippen LogP contribution in [0.2, 0.25) is 5.15 Å². The summed E-state index contributed by atoms with van der Waals surface area (Å²) in [4.78, 5) is 3.98. The van der Waals surface area contributed by atoms with Crippen molar-refractivity contribution in [1.29, 1.82) is 0 Å². The van der Waals surface area contributed by atoms with Crippen LogP contribution in [-0.2, 0) is 10.3 Å². The van der Waals surface area contributed by atoms with Crippen molar-refractivity contribution in [2.24, 2.45) is 0 Å². The Bertz CT molecular complexity index is 366. The molecule has 0 aliphatic carbocycles. The molecule has 0 bridgehead atoms. The van der Waals surface area contributed by atoms with E-state index in [-0.39, 0.29) is 0 Å². The highest BCUT2D eigenvalue weighted by molar-refractivity contribution is 9.10. The van der Waals surface area contributed by atoms with E-state index in [4.69, 9.17) is 16.3 Å². The maximum absolute atomic E-state index is 5.85. The second-order valence-electron chi connectivity index (χ2n) is 3.60. The predicted molar refractivity (Wildman–Crippen MR) is 66.1 cm³/mol. The molecule has 15 heavy (non-hydrogen) atoms. The molecule has 1 rings (SSSR count). The highest BCUT2D eigenvalue weighted by atomic mass is 79.9. The minimum atomic E-state index is -0.417. The van der Waals surface area contributed by atoms with Gasteiger partial charge in [0.2, 0.25) is 0 Å². The zero-order valence-electron chi connectivity index (χ0n) is 8.76. The topological polar surface area (TPSA) is 22.1 Å². The first-order chi connectivity index (χ1) is 6.97. The van der Waals surface area contributed by atoms with E-state index in [0.717, 1.165) is 10.0 Å². The smallest absolute Gasteiger partial charge is 0.129 e. The lowest BCUT2D eigenvalue weighted by Gasteiger charge is -2.26. The molecule has 0 aliphatic rings. The van der Waals surface area contributed by atoms with Crippen LogP contribution in [0.25, 0.3) is 0 Å². The molecule has 0 saturated heterocycles. The van der Waals surface area contributed by atoms with Crippen LogP contribution in [0.3, 0.4) is 0 Å². The number of pyridine rings is 1. The molecule has 0 fully saturated rings. The second kappa shape index (κ2) is 5.10. The molecule has 2 nitrogen and oxygen atoms in total. The van der Waals surface area contributed by atoms with E-state index in [2.05, 4.69) is 27.5 Å². The van der Waals surface area contributed by atoms with Crippen LogP contribution < -0.4 is 0 Å². The van der Waals surface area contributed by atoms with Gasteiger partial charge in [-0.05, 0) is 35.8 Å². The number of ether oxygens (including phenoxy) is 1. The van der Waals surface area contributed by atoms with Crippen LogP contribution in [0.5, 0.6) is 0 Å². The highest BCUT2D eigenvalue weighted by Crippen LogP contribution is 2.32. The lowest BCUT2D eigenvalue weighted by atomic mass is 9.99. The summed E-state index contributed by atoms with van der Waals surface area (Å²) >= 11 is 9.28. The van der Waals surface area contributed by atoms with Gasteiger partial charge in [-0.1, -0.05) is 17.7 Å². The number of halogens is 2. The lowest BCUT2D eigenvalue weighted by molar-refractivity contribution is -0.00523. The molecule has 1 aromatic rings. The summed E-state index contributed by atoms with van der Waals surface area (Å²) < 4.78 is 6.56. The van der Waals surface area contributed by atoms with Crippen LogP contribution in [0.15, 0.2) is 29.4 Å². The summed E-state index contributed by atoms with van der Waals surface area (Å²) in [5.74, 6) is 0. The number of nitrogens with zero attached hydrogens (tertiary/aromatic N) is 1. The molecule has 1 aromatic heterocycles. The van der Waals surface area contributed by atoms with E-state index in [9.17, 15) is 0 Å². The third-order valence-corrected chi connectivity index (χ3v) is 2.87. The largest absolute Gasteiger partial charge is 0.367 e. The van der Waals surface area contributed by atoms with Crippen molar-refractivity contribution in [2.75, 3.05) is 6.61 Å². The maximum Gasteiger partial charge on any atom is 0.129 e. The van der Waals surface area contributed by atoms with Crippen molar-refractivity contribution < 1.29 is 4.74 Å². The Labute approximate surface area is 103 Å². The molecule has 0 unspecified atom stereocenters. The van der Waals surface area contributed by atoms with Gasteiger partial charge in [0.25, 0.3) is 0 Å². The van der Waals surface area contributed by atoms with Gasteiger partial charge in [-0.2, -0.15) is 0 Å². The van der Waals surface area contributed by atoms with E-state index < -0.39 is 5.60 Å². The van der Waals surface area contributed by atoms with Crippen molar-refractivity contribution in [3.8, 4) is 0 Å². The molecule has 0 radical (unpaired) electrons. The third kappa shape index (κ3) is 3.30. The van der Waals surface area contributed by atoms with Crippen molar-refractivity contribution in [2.45, 2.75) is 19.4 Å². The molecule has 4 heteroatoms. The van der Waals surface area contributed by atoms with Crippen molar-refractivity contribution in [1.82, 2.24) is 4.98 Å². The summed E-state index contributed by atoms with van der Waals surface area (Å²) in [6.07, 6.45) is 3.40. The van der Waals surface area contributed by atoms with Gasteiger partial charge in [0.1, 0.15) is 5.15 Å². The Hall–Kier alpha value is -0.380. The number of rotatable bonds is 4. The minimum absolute atomic E-state index is 0.417. The SMILES string of the molecule is C=CCOC(C)(C)c1cc(Cl)ncc1Br. The van der Waals surface area contributed by atoms with E-state index >= 15 is 0 Å². The zero-order valence-corrected chi connectivity index (χ0v) is 11.1. The quantitative estimate of drug-likeness (QED) is 0.619. The predicted octanol–water partition coefficient (Wildman–Crippen LogP) is 3.94. The van der Waals surface area contributed by atoms with E-state index in [1.54, 1.807) is 18.3 Å². The molecule has 0 spiro atoms. The minimum Gasteiger partial charge on any atom is -0.367 e. The van der Waals surface area contributed by atoms with Gasteiger partial charge in [-0.25, -0.2) is 4.98 Å². The molecule has 0 aromatic carbocycles. The summed E-state index contributed by atoms with van der Waals surface area (Å²) in [6, 6.07) is 1.80. The highest BCUT2D eigenvalue weighted by Gasteiger charge is 2.24. The van der Waals surface area contributed by atoms with Gasteiger partial charge in [-0.3, -0.25) is 0 Å². The Kier molecular flexibility index (Phi) is 4.32. The monoisotopic (exact) mass is 289 g/mol. The fraction of sp³-hybridized carbons (Fsp3) is 0.364. The average molecular weight is 291 g/mol. The first-order valence-corrected chi connectivity index (χ1v) is 5.71. The molecular weight excluding hydrogens is 277 g/mol. The van der Waals surface area contributed by atoms with Crippen molar-refractivity contribution in [3.05, 3.63) is 40.1 Å². The maximum atomic E-state index is 5.85. The standard InChI is InChI=1S/C11H13BrClNO/c1-4-5-15-11(2,3)8-6-10(13)14-7-9(8)12/h4,6-7H,1,5H2,2-3H3. The zero-order chi connectivity index (χ0) is 11.5. The van der Waals surface area contributed by atoms with Gasteiger partial charge >= 0.3 is 0 Å². The molecular formula is C11H13BrClNO. The van der Waals surface area contributed by atoms with Crippen LogP contribution >= 0.6 is 27.5 Å². The second-order valence-corrected chi connectivity index (χ2v) is 4.84. The van der Waals surface area contributed by atoms with E-state index in [0.29, 0.717) is 11.8 Å². The van der Waals surface area contributed by atoms with Crippen LogP contribution in [0.4, 0.5) is 0 Å². The molecule has 1 heterocycles. The number of hydrogen-bond acceptors (Lipinski definition) is 2. The van der Waals surface area contributed by atoms with Gasteiger partial charge < -0.3 is 4.74 Å². The van der Waals surface area contributed by atoms with Gasteiger partial charge in [0, 0.05) is 16.2 Å². The lowest BCUT2D eigenvalue weighted by Crippen LogP contribution is -2.22. The Morgan fingerprint density at radius 2 is 2.33 bits per heavy atom. The van der Waals surface area contributed by atoms with E-state index in [1.807, 2.05) is 13.8 Å². The summed E-state index contributed by atoms with van der Waals surface area (Å²) in [5, 5.41) is 0.462. The average Bonchev–Trinajstić information content (AvgIpc) is 2.18. The van der Waals surface area contributed by atoms with Crippen molar-refractivity contribution in [3.63, 3.8) is 0 Å². The first kappa shape index (κ1) is 12.7. The fourth-order valence-electron chi connectivity index (χ4n) is 1.22. The number of aromatic nitrogens is 1. The molecule has 0 amide bonds. The fourth-order valence-corrected chi connectivity index (χ4v) is 2.07. The number of hydrogen-bond donors (Lipinski definition) is 0. The van der Waals surface area contributed by atoms with Crippen LogP contribution in [0.1, 0.15) is 19.4 Å². The summed E-state index contributed by atoms with van der Waals surface area (Å²) in [6.45, 7) is 8.08. The normalized spacial score (nSPS) is 11.5. The Balaban J connectivity index is 3.02. The van der Waals surface area contributed by atoms with E-state index in [1.165, 1.54) is 0 Å². The van der Waals surface area contributed by atoms with Gasteiger partial charge in [0.05, 0.1) is 12.2 Å². The van der Waals surface area contributed by atoms with Crippen LogP contribution in [-0.4, -0.2) is 11.6 Å². The summed E-state index contributed by atoms with van der Waals surface area (Å²) in [5.41, 5.74) is 0.559. The molecule has 82 valence electrons. The van der Waals surface area contributed by atoms with Crippen molar-refractivity contribution >= 4 is 27.5 Å². The Morgan fingerprint density at radius 3 is 2.93 bits per heavy atom. The molecule has 0 atom stereocenters. The first-order valence-electron chi connectivity index (χ1n) is 4.54. The molecule has 0 saturated carbocycles. The molecule has 0 N–H and O–H groups in total. The Morgan fingerprint density at radius 1 is 1.67 bits per heavy atom. The third-order valence-electron chi connectivity index (χ3n) is 2.03.